The summed E-state index contributed by atoms with van der Waals surface area (Å²) in [6.07, 6.45) is 5.21. The molecule has 0 atom stereocenters. The zero-order valence-corrected chi connectivity index (χ0v) is 7.51. The maximum atomic E-state index is 3.22. The monoisotopic (exact) mass is 153 g/mol. The number of rotatable bonds is 2. The SMILES string of the molecule is C/C=[C]/CN1CCN(C)CC1. The van der Waals surface area contributed by atoms with Gasteiger partial charge >= 0.3 is 0 Å². The molecule has 2 nitrogen and oxygen atoms in total. The maximum Gasteiger partial charge on any atom is 0.0234 e. The van der Waals surface area contributed by atoms with E-state index in [0.717, 1.165) is 6.54 Å². The Labute approximate surface area is 69.5 Å². The van der Waals surface area contributed by atoms with E-state index in [9.17, 15) is 0 Å². The predicted octanol–water partition coefficient (Wildman–Crippen LogP) is 0.613. The molecule has 0 saturated carbocycles. The number of nitrogens with zero attached hydrogens (tertiary/aromatic N) is 2. The van der Waals surface area contributed by atoms with Gasteiger partial charge in [-0.3, -0.25) is 4.90 Å². The van der Waals surface area contributed by atoms with Crippen LogP contribution in [0.3, 0.4) is 0 Å². The molecule has 0 aliphatic carbocycles. The fourth-order valence-corrected chi connectivity index (χ4v) is 1.23. The van der Waals surface area contributed by atoms with Crippen LogP contribution >= 0.6 is 0 Å². The maximum absolute atomic E-state index is 3.22. The highest BCUT2D eigenvalue weighted by Gasteiger charge is 2.11. The minimum Gasteiger partial charge on any atom is -0.304 e. The van der Waals surface area contributed by atoms with Crippen LogP contribution in [0.5, 0.6) is 0 Å². The lowest BCUT2D eigenvalue weighted by Gasteiger charge is -2.31. The van der Waals surface area contributed by atoms with E-state index in [1.807, 2.05) is 13.0 Å². The second-order valence-corrected chi connectivity index (χ2v) is 3.07. The lowest BCUT2D eigenvalue weighted by Crippen LogP contribution is -2.44. The van der Waals surface area contributed by atoms with Crippen LogP contribution in [-0.2, 0) is 0 Å². The van der Waals surface area contributed by atoms with Crippen molar-refractivity contribution < 1.29 is 0 Å². The molecule has 0 aromatic heterocycles. The molecule has 1 fully saturated rings. The van der Waals surface area contributed by atoms with Crippen molar-refractivity contribution in [3.8, 4) is 0 Å². The average molecular weight is 153 g/mol. The molecule has 0 N–H and O–H groups in total. The van der Waals surface area contributed by atoms with Crippen LogP contribution in [0.4, 0.5) is 0 Å². The minimum atomic E-state index is 1.00. The molecule has 2 heteroatoms. The molecule has 0 spiro atoms. The molecular weight excluding hydrogens is 136 g/mol. The summed E-state index contributed by atoms with van der Waals surface area (Å²) < 4.78 is 0. The normalized spacial score (nSPS) is 23.1. The molecule has 1 radical (unpaired) electrons. The third-order valence-electron chi connectivity index (χ3n) is 2.11. The van der Waals surface area contributed by atoms with Crippen molar-refractivity contribution in [1.29, 1.82) is 0 Å². The second kappa shape index (κ2) is 4.52. The Balaban J connectivity index is 2.17. The van der Waals surface area contributed by atoms with Crippen LogP contribution in [0.2, 0.25) is 0 Å². The molecule has 1 rings (SSSR count). The van der Waals surface area contributed by atoms with Crippen molar-refractivity contribution in [3.05, 3.63) is 12.2 Å². The van der Waals surface area contributed by atoms with E-state index in [1.54, 1.807) is 0 Å². The van der Waals surface area contributed by atoms with E-state index in [2.05, 4.69) is 22.9 Å². The van der Waals surface area contributed by atoms with Gasteiger partial charge in [-0.15, -0.1) is 0 Å². The van der Waals surface area contributed by atoms with E-state index < -0.39 is 0 Å². The highest BCUT2D eigenvalue weighted by Crippen LogP contribution is 1.97. The van der Waals surface area contributed by atoms with Crippen LogP contribution in [0.1, 0.15) is 6.92 Å². The third kappa shape index (κ3) is 3.04. The van der Waals surface area contributed by atoms with Crippen LogP contribution in [0, 0.1) is 6.08 Å². The molecule has 0 amide bonds. The number of piperazine rings is 1. The summed E-state index contributed by atoms with van der Waals surface area (Å²) in [7, 11) is 2.18. The van der Waals surface area contributed by atoms with Crippen LogP contribution in [0.15, 0.2) is 6.08 Å². The Hall–Kier alpha value is -0.340. The van der Waals surface area contributed by atoms with E-state index in [-0.39, 0.29) is 0 Å². The number of hydrogen-bond donors (Lipinski definition) is 0. The van der Waals surface area contributed by atoms with Gasteiger partial charge in [-0.05, 0) is 20.0 Å². The fraction of sp³-hybridized carbons (Fsp3) is 0.778. The summed E-state index contributed by atoms with van der Waals surface area (Å²) in [5.41, 5.74) is 0. The van der Waals surface area contributed by atoms with Crippen molar-refractivity contribution in [2.75, 3.05) is 39.8 Å². The highest BCUT2D eigenvalue weighted by atomic mass is 15.2. The number of likely N-dealkylation sites (N-methyl/N-ethyl adjacent to an activating group) is 1. The zero-order valence-electron chi connectivity index (χ0n) is 7.51. The summed E-state index contributed by atoms with van der Waals surface area (Å²) >= 11 is 0. The van der Waals surface area contributed by atoms with E-state index in [0.29, 0.717) is 0 Å². The standard InChI is InChI=1S/C9H17N2/c1-3-4-5-11-8-6-10(2)7-9-11/h3H,5-9H2,1-2H3. The van der Waals surface area contributed by atoms with Gasteiger partial charge in [0.15, 0.2) is 0 Å². The Morgan fingerprint density at radius 2 is 1.91 bits per heavy atom. The number of hydrogen-bond acceptors (Lipinski definition) is 2. The van der Waals surface area contributed by atoms with Gasteiger partial charge in [0.25, 0.3) is 0 Å². The Kier molecular flexibility index (Phi) is 3.60. The largest absolute Gasteiger partial charge is 0.304 e. The van der Waals surface area contributed by atoms with Gasteiger partial charge in [0.2, 0.25) is 0 Å². The summed E-state index contributed by atoms with van der Waals surface area (Å²) in [5.74, 6) is 0. The minimum absolute atomic E-state index is 1.00. The lowest BCUT2D eigenvalue weighted by atomic mass is 10.3. The van der Waals surface area contributed by atoms with E-state index in [1.165, 1.54) is 26.2 Å². The Morgan fingerprint density at radius 1 is 1.27 bits per heavy atom. The lowest BCUT2D eigenvalue weighted by molar-refractivity contribution is 0.165. The van der Waals surface area contributed by atoms with Crippen molar-refractivity contribution in [3.63, 3.8) is 0 Å². The molecule has 0 unspecified atom stereocenters. The smallest absolute Gasteiger partial charge is 0.0234 e. The van der Waals surface area contributed by atoms with Gasteiger partial charge in [-0.2, -0.15) is 0 Å². The van der Waals surface area contributed by atoms with Gasteiger partial charge < -0.3 is 4.90 Å². The van der Waals surface area contributed by atoms with Gasteiger partial charge in [0, 0.05) is 32.7 Å². The van der Waals surface area contributed by atoms with Gasteiger partial charge in [0.1, 0.15) is 0 Å². The van der Waals surface area contributed by atoms with Gasteiger partial charge in [-0.1, -0.05) is 6.08 Å². The Morgan fingerprint density at radius 3 is 2.45 bits per heavy atom. The van der Waals surface area contributed by atoms with Gasteiger partial charge in [-0.25, -0.2) is 0 Å². The quantitative estimate of drug-likeness (QED) is 0.573. The predicted molar refractivity (Wildman–Crippen MR) is 47.4 cm³/mol. The van der Waals surface area contributed by atoms with Crippen LogP contribution in [0.25, 0.3) is 0 Å². The molecule has 1 aliphatic heterocycles. The van der Waals surface area contributed by atoms with E-state index >= 15 is 0 Å². The summed E-state index contributed by atoms with van der Waals surface area (Å²) in [4.78, 5) is 4.80. The molecule has 0 bridgehead atoms. The molecule has 1 heterocycles. The molecule has 63 valence electrons. The molecule has 0 aromatic rings. The molecular formula is C9H17N2. The summed E-state index contributed by atoms with van der Waals surface area (Å²) in [6, 6.07) is 0. The first-order valence-corrected chi connectivity index (χ1v) is 4.25. The van der Waals surface area contributed by atoms with Crippen molar-refractivity contribution in [2.45, 2.75) is 6.92 Å². The topological polar surface area (TPSA) is 6.48 Å². The van der Waals surface area contributed by atoms with Crippen molar-refractivity contribution in [2.24, 2.45) is 0 Å². The van der Waals surface area contributed by atoms with Gasteiger partial charge in [0.05, 0.1) is 0 Å². The van der Waals surface area contributed by atoms with Crippen LogP contribution < -0.4 is 0 Å². The van der Waals surface area contributed by atoms with Crippen molar-refractivity contribution >= 4 is 0 Å². The molecule has 1 aliphatic rings. The first-order valence-electron chi connectivity index (χ1n) is 4.25. The van der Waals surface area contributed by atoms with Crippen LogP contribution in [-0.4, -0.2) is 49.6 Å². The van der Waals surface area contributed by atoms with Crippen molar-refractivity contribution in [1.82, 2.24) is 9.80 Å². The first-order chi connectivity index (χ1) is 5.33. The molecule has 1 saturated heterocycles. The summed E-state index contributed by atoms with van der Waals surface area (Å²) in [6.45, 7) is 7.81. The van der Waals surface area contributed by atoms with E-state index in [4.69, 9.17) is 0 Å². The Bertz CT molecular complexity index is 124. The second-order valence-electron chi connectivity index (χ2n) is 3.07. The highest BCUT2D eigenvalue weighted by molar-refractivity contribution is 4.76. The third-order valence-corrected chi connectivity index (χ3v) is 2.11. The molecule has 11 heavy (non-hydrogen) atoms. The first kappa shape index (κ1) is 8.75. The zero-order chi connectivity index (χ0) is 8.10. The number of allylic oxidation sites excluding steroid dienone is 1. The fourth-order valence-electron chi connectivity index (χ4n) is 1.23. The molecule has 0 aromatic carbocycles. The average Bonchev–Trinajstić information content (AvgIpc) is 2.04. The summed E-state index contributed by atoms with van der Waals surface area (Å²) in [5, 5.41) is 0.